The van der Waals surface area contributed by atoms with E-state index >= 15 is 0 Å². The van der Waals surface area contributed by atoms with E-state index in [1.165, 1.54) is 19.2 Å². The van der Waals surface area contributed by atoms with Gasteiger partial charge in [-0.3, -0.25) is 4.79 Å². The quantitative estimate of drug-likeness (QED) is 0.754. The van der Waals surface area contributed by atoms with E-state index in [4.69, 9.17) is 10.5 Å². The van der Waals surface area contributed by atoms with Gasteiger partial charge >= 0.3 is 0 Å². The molecule has 5 nitrogen and oxygen atoms in total. The van der Waals surface area contributed by atoms with Gasteiger partial charge in [0.1, 0.15) is 11.5 Å². The zero-order chi connectivity index (χ0) is 15.4. The molecule has 21 heavy (non-hydrogen) atoms. The Morgan fingerprint density at radius 1 is 1.29 bits per heavy atom. The van der Waals surface area contributed by atoms with Gasteiger partial charge in [-0.1, -0.05) is 13.0 Å². The molecule has 0 aliphatic heterocycles. The Kier molecular flexibility index (Phi) is 4.33. The largest absolute Gasteiger partial charge is 0.507 e. The third-order valence-corrected chi connectivity index (χ3v) is 3.23. The van der Waals surface area contributed by atoms with E-state index in [1.54, 1.807) is 18.2 Å². The van der Waals surface area contributed by atoms with Crippen molar-refractivity contribution < 1.29 is 14.6 Å². The number of aryl methyl sites for hydroxylation is 1. The topological polar surface area (TPSA) is 84.6 Å². The summed E-state index contributed by atoms with van der Waals surface area (Å²) in [7, 11) is 1.50. The number of nitrogen functional groups attached to an aromatic ring is 1. The van der Waals surface area contributed by atoms with E-state index in [-0.39, 0.29) is 11.3 Å². The second kappa shape index (κ2) is 6.17. The van der Waals surface area contributed by atoms with Crippen molar-refractivity contribution in [2.75, 3.05) is 18.2 Å². The van der Waals surface area contributed by atoms with E-state index in [9.17, 15) is 9.90 Å². The van der Waals surface area contributed by atoms with E-state index < -0.39 is 5.91 Å². The number of carbonyl (C=O) groups excluding carboxylic acids is 1. The maximum atomic E-state index is 12.2. The molecule has 0 aromatic heterocycles. The molecule has 4 N–H and O–H groups in total. The summed E-state index contributed by atoms with van der Waals surface area (Å²) in [5.41, 5.74) is 8.28. The monoisotopic (exact) mass is 286 g/mol. The lowest BCUT2D eigenvalue weighted by Gasteiger charge is -2.10. The first-order valence-corrected chi connectivity index (χ1v) is 6.62. The van der Waals surface area contributed by atoms with Gasteiger partial charge in [-0.15, -0.1) is 0 Å². The summed E-state index contributed by atoms with van der Waals surface area (Å²) in [6.45, 7) is 2.01. The molecule has 0 aliphatic carbocycles. The van der Waals surface area contributed by atoms with E-state index in [1.807, 2.05) is 13.0 Å². The molecule has 0 aliphatic rings. The molecule has 0 unspecified atom stereocenters. The number of phenols is 1. The maximum Gasteiger partial charge on any atom is 0.259 e. The molecule has 0 heterocycles. The molecule has 2 aromatic carbocycles. The smallest absolute Gasteiger partial charge is 0.259 e. The molecule has 0 bridgehead atoms. The van der Waals surface area contributed by atoms with E-state index in [0.29, 0.717) is 17.1 Å². The highest BCUT2D eigenvalue weighted by atomic mass is 16.5. The Labute approximate surface area is 123 Å². The van der Waals surface area contributed by atoms with Crippen LogP contribution in [0.25, 0.3) is 0 Å². The highest BCUT2D eigenvalue weighted by molar-refractivity contribution is 6.06. The summed E-state index contributed by atoms with van der Waals surface area (Å²) in [6, 6.07) is 9.84. The Hall–Kier alpha value is -2.69. The molecule has 5 heteroatoms. The minimum atomic E-state index is -0.421. The highest BCUT2D eigenvalue weighted by Gasteiger charge is 2.13. The van der Waals surface area contributed by atoms with Crippen LogP contribution >= 0.6 is 0 Å². The molecule has 0 fully saturated rings. The zero-order valence-corrected chi connectivity index (χ0v) is 12.0. The van der Waals surface area contributed by atoms with Crippen LogP contribution < -0.4 is 15.8 Å². The highest BCUT2D eigenvalue weighted by Crippen LogP contribution is 2.25. The van der Waals surface area contributed by atoms with Gasteiger partial charge in [0.2, 0.25) is 0 Å². The van der Waals surface area contributed by atoms with E-state index in [2.05, 4.69) is 5.32 Å². The van der Waals surface area contributed by atoms with Crippen molar-refractivity contribution in [3.63, 3.8) is 0 Å². The fourth-order valence-corrected chi connectivity index (χ4v) is 2.02. The summed E-state index contributed by atoms with van der Waals surface area (Å²) in [5.74, 6) is -0.0275. The molecular weight excluding hydrogens is 268 g/mol. The number of hydrogen-bond donors (Lipinski definition) is 3. The van der Waals surface area contributed by atoms with Crippen LogP contribution in [0.2, 0.25) is 0 Å². The number of aromatic hydroxyl groups is 1. The van der Waals surface area contributed by atoms with Gasteiger partial charge in [-0.05, 0) is 42.3 Å². The minimum absolute atomic E-state index is 0.105. The fraction of sp³-hybridized carbons (Fsp3) is 0.188. The lowest BCUT2D eigenvalue weighted by Crippen LogP contribution is -2.12. The number of phenolic OH excluding ortho intramolecular Hbond substituents is 1. The first kappa shape index (κ1) is 14.7. The van der Waals surface area contributed by atoms with Crippen molar-refractivity contribution >= 4 is 17.3 Å². The number of nitrogens with one attached hydrogen (secondary N) is 1. The van der Waals surface area contributed by atoms with Crippen molar-refractivity contribution in [2.45, 2.75) is 13.3 Å². The molecule has 0 saturated carbocycles. The number of amides is 1. The normalized spacial score (nSPS) is 10.2. The number of ether oxygens (including phenoxy) is 1. The second-order valence-electron chi connectivity index (χ2n) is 4.60. The average Bonchev–Trinajstić information content (AvgIpc) is 2.48. The Morgan fingerprint density at radius 2 is 2.05 bits per heavy atom. The van der Waals surface area contributed by atoms with Crippen LogP contribution in [0.15, 0.2) is 36.4 Å². The number of carbonyl (C=O) groups is 1. The summed E-state index contributed by atoms with van der Waals surface area (Å²) in [5, 5.41) is 12.5. The SMILES string of the molecule is CCc1ccc(NC(=O)c2cc(OC)ccc2O)cc1N. The van der Waals surface area contributed by atoms with E-state index in [0.717, 1.165) is 12.0 Å². The first-order valence-electron chi connectivity index (χ1n) is 6.62. The minimum Gasteiger partial charge on any atom is -0.507 e. The predicted octanol–water partition coefficient (Wildman–Crippen LogP) is 2.80. The number of nitrogens with two attached hydrogens (primary N) is 1. The average molecular weight is 286 g/mol. The number of anilines is 2. The number of benzene rings is 2. The van der Waals surface area contributed by atoms with Gasteiger partial charge in [0.05, 0.1) is 12.7 Å². The van der Waals surface area contributed by atoms with Gasteiger partial charge in [0, 0.05) is 11.4 Å². The molecule has 110 valence electrons. The molecule has 1 amide bonds. The number of hydrogen-bond acceptors (Lipinski definition) is 4. The van der Waals surface area contributed by atoms with Crippen LogP contribution in [0.1, 0.15) is 22.8 Å². The maximum absolute atomic E-state index is 12.2. The van der Waals surface area contributed by atoms with Crippen molar-refractivity contribution in [1.29, 1.82) is 0 Å². The summed E-state index contributed by atoms with van der Waals surface area (Å²) < 4.78 is 5.05. The summed E-state index contributed by atoms with van der Waals surface area (Å²) in [4.78, 5) is 12.2. The molecule has 0 spiro atoms. The molecule has 2 aromatic rings. The van der Waals surface area contributed by atoms with Crippen LogP contribution in [0.4, 0.5) is 11.4 Å². The standard InChI is InChI=1S/C16H18N2O3/c1-3-10-4-5-11(8-14(10)17)18-16(20)13-9-12(21-2)6-7-15(13)19/h4-9,19H,3,17H2,1-2H3,(H,18,20). The van der Waals surface area contributed by atoms with Crippen LogP contribution in [0, 0.1) is 0 Å². The van der Waals surface area contributed by atoms with Crippen molar-refractivity contribution in [1.82, 2.24) is 0 Å². The van der Waals surface area contributed by atoms with Gasteiger partial charge in [0.25, 0.3) is 5.91 Å². The third-order valence-electron chi connectivity index (χ3n) is 3.23. The third kappa shape index (κ3) is 3.25. The lowest BCUT2D eigenvalue weighted by molar-refractivity contribution is 0.102. The summed E-state index contributed by atoms with van der Waals surface area (Å²) in [6.07, 6.45) is 0.830. The lowest BCUT2D eigenvalue weighted by atomic mass is 10.1. The predicted molar refractivity (Wildman–Crippen MR) is 82.8 cm³/mol. The number of methoxy groups -OCH3 is 1. The zero-order valence-electron chi connectivity index (χ0n) is 12.0. The molecule has 2 rings (SSSR count). The van der Waals surface area contributed by atoms with Gasteiger partial charge in [-0.25, -0.2) is 0 Å². The van der Waals surface area contributed by atoms with Crippen LogP contribution in [0.5, 0.6) is 11.5 Å². The second-order valence-corrected chi connectivity index (χ2v) is 4.60. The first-order chi connectivity index (χ1) is 10.0. The Balaban J connectivity index is 2.23. The van der Waals surface area contributed by atoms with Crippen molar-refractivity contribution in [3.05, 3.63) is 47.5 Å². The van der Waals surface area contributed by atoms with Gasteiger partial charge < -0.3 is 20.9 Å². The Bertz CT molecular complexity index is 669. The van der Waals surface area contributed by atoms with Crippen molar-refractivity contribution in [3.8, 4) is 11.5 Å². The summed E-state index contributed by atoms with van der Waals surface area (Å²) >= 11 is 0. The molecule has 0 saturated heterocycles. The van der Waals surface area contributed by atoms with Crippen LogP contribution in [-0.2, 0) is 6.42 Å². The Morgan fingerprint density at radius 3 is 2.67 bits per heavy atom. The van der Waals surface area contributed by atoms with Crippen molar-refractivity contribution in [2.24, 2.45) is 0 Å². The molecule has 0 atom stereocenters. The van der Waals surface area contributed by atoms with Crippen LogP contribution in [-0.4, -0.2) is 18.1 Å². The fourth-order valence-electron chi connectivity index (χ4n) is 2.02. The molecular formula is C16H18N2O3. The van der Waals surface area contributed by atoms with Crippen LogP contribution in [0.3, 0.4) is 0 Å². The number of rotatable bonds is 4. The molecule has 0 radical (unpaired) electrons. The van der Waals surface area contributed by atoms with Gasteiger partial charge in [0.15, 0.2) is 0 Å². The van der Waals surface area contributed by atoms with Gasteiger partial charge in [-0.2, -0.15) is 0 Å².